The van der Waals surface area contributed by atoms with Gasteiger partial charge in [0.25, 0.3) is 0 Å². The van der Waals surface area contributed by atoms with Crippen molar-refractivity contribution >= 4 is 0 Å². The van der Waals surface area contributed by atoms with Gasteiger partial charge in [-0.2, -0.15) is 0 Å². The van der Waals surface area contributed by atoms with Crippen LogP contribution in [0.2, 0.25) is 0 Å². The van der Waals surface area contributed by atoms with Gasteiger partial charge in [-0.15, -0.1) is 5.73 Å². The first kappa shape index (κ1) is 10.6. The molecule has 0 nitrogen and oxygen atoms in total. The highest BCUT2D eigenvalue weighted by Gasteiger charge is 2.04. The zero-order valence-corrected chi connectivity index (χ0v) is 9.32. The van der Waals surface area contributed by atoms with E-state index in [1.807, 2.05) is 0 Å². The maximum absolute atomic E-state index is 3.58. The van der Waals surface area contributed by atoms with E-state index in [2.05, 4.69) is 26.5 Å². The summed E-state index contributed by atoms with van der Waals surface area (Å²) in [5.74, 6) is 0.775. The summed E-state index contributed by atoms with van der Waals surface area (Å²) in [5.41, 5.74) is 6.61. The summed E-state index contributed by atoms with van der Waals surface area (Å²) in [6.45, 7) is 6.77. The minimum atomic E-state index is 0.775. The summed E-state index contributed by atoms with van der Waals surface area (Å²) in [6, 6.07) is 0. The number of hydrogen-bond donors (Lipinski definition) is 0. The molecule has 1 aliphatic carbocycles. The standard InChI is InChI=1S/C13H22/c1-11(2)9-12(3)10-13-7-5-4-6-8-13/h11H,4-9H2,1-3H3. The smallest absolute Gasteiger partial charge is 0.0223 e. The lowest BCUT2D eigenvalue weighted by Gasteiger charge is -2.11. The van der Waals surface area contributed by atoms with Crippen LogP contribution in [0.4, 0.5) is 0 Å². The molecule has 0 aromatic carbocycles. The van der Waals surface area contributed by atoms with E-state index in [9.17, 15) is 0 Å². The van der Waals surface area contributed by atoms with Crippen molar-refractivity contribution < 1.29 is 0 Å². The highest BCUT2D eigenvalue weighted by Crippen LogP contribution is 2.22. The van der Waals surface area contributed by atoms with E-state index in [1.165, 1.54) is 44.1 Å². The molecule has 0 bridgehead atoms. The molecule has 0 N–H and O–H groups in total. The molecule has 0 saturated heterocycles. The predicted octanol–water partition coefficient (Wildman–Crippen LogP) is 4.47. The van der Waals surface area contributed by atoms with Crippen molar-refractivity contribution in [1.82, 2.24) is 0 Å². The highest BCUT2D eigenvalue weighted by atomic mass is 14.1. The first-order valence-electron chi connectivity index (χ1n) is 5.62. The van der Waals surface area contributed by atoms with Crippen LogP contribution in [0.25, 0.3) is 0 Å². The molecule has 0 spiro atoms. The first-order valence-corrected chi connectivity index (χ1v) is 5.62. The molecule has 1 aliphatic rings. The van der Waals surface area contributed by atoms with Crippen LogP contribution < -0.4 is 0 Å². The van der Waals surface area contributed by atoms with E-state index in [1.54, 1.807) is 5.57 Å². The van der Waals surface area contributed by atoms with Crippen molar-refractivity contribution in [2.24, 2.45) is 5.92 Å². The Bertz CT molecular complexity index is 206. The number of allylic oxidation sites excluding steroid dienone is 1. The van der Waals surface area contributed by atoms with Crippen LogP contribution in [-0.4, -0.2) is 0 Å². The summed E-state index contributed by atoms with van der Waals surface area (Å²) in [6.07, 6.45) is 8.01. The van der Waals surface area contributed by atoms with Crippen LogP contribution in [0.15, 0.2) is 16.9 Å². The molecule has 0 aliphatic heterocycles. The third-order valence-electron chi connectivity index (χ3n) is 2.56. The van der Waals surface area contributed by atoms with E-state index in [4.69, 9.17) is 0 Å². The molecule has 13 heavy (non-hydrogen) atoms. The van der Waals surface area contributed by atoms with Gasteiger partial charge in [-0.25, -0.2) is 0 Å². The van der Waals surface area contributed by atoms with E-state index in [0.717, 1.165) is 5.92 Å². The minimum Gasteiger partial charge on any atom is -0.123 e. The second-order valence-corrected chi connectivity index (χ2v) is 4.67. The topological polar surface area (TPSA) is 0 Å². The van der Waals surface area contributed by atoms with Gasteiger partial charge in [0.05, 0.1) is 0 Å². The Labute approximate surface area is 82.7 Å². The maximum atomic E-state index is 3.58. The summed E-state index contributed by atoms with van der Waals surface area (Å²) in [4.78, 5) is 0. The molecular weight excluding hydrogens is 156 g/mol. The average molecular weight is 178 g/mol. The molecule has 0 heteroatoms. The molecule has 0 atom stereocenters. The Morgan fingerprint density at radius 2 is 1.85 bits per heavy atom. The lowest BCUT2D eigenvalue weighted by atomic mass is 9.94. The molecule has 1 rings (SSSR count). The van der Waals surface area contributed by atoms with E-state index in [0.29, 0.717) is 0 Å². The molecule has 0 amide bonds. The molecular formula is C13H22. The van der Waals surface area contributed by atoms with Gasteiger partial charge in [-0.3, -0.25) is 0 Å². The summed E-state index contributed by atoms with van der Waals surface area (Å²) in [7, 11) is 0. The molecule has 74 valence electrons. The molecule has 1 fully saturated rings. The van der Waals surface area contributed by atoms with Gasteiger partial charge < -0.3 is 0 Å². The van der Waals surface area contributed by atoms with Crippen LogP contribution in [0.3, 0.4) is 0 Å². The summed E-state index contributed by atoms with van der Waals surface area (Å²) < 4.78 is 0. The lowest BCUT2D eigenvalue weighted by molar-refractivity contribution is 0.597. The van der Waals surface area contributed by atoms with Crippen LogP contribution in [0.1, 0.15) is 59.3 Å². The zero-order chi connectivity index (χ0) is 9.68. The lowest BCUT2D eigenvalue weighted by Crippen LogP contribution is -1.93. The van der Waals surface area contributed by atoms with E-state index in [-0.39, 0.29) is 0 Å². The van der Waals surface area contributed by atoms with E-state index >= 15 is 0 Å². The van der Waals surface area contributed by atoms with Crippen LogP contribution in [-0.2, 0) is 0 Å². The highest BCUT2D eigenvalue weighted by molar-refractivity contribution is 5.09. The maximum Gasteiger partial charge on any atom is -0.0223 e. The van der Waals surface area contributed by atoms with Crippen molar-refractivity contribution in [3.05, 3.63) is 16.9 Å². The Morgan fingerprint density at radius 3 is 2.38 bits per heavy atom. The van der Waals surface area contributed by atoms with Crippen molar-refractivity contribution in [3.8, 4) is 0 Å². The Hall–Kier alpha value is -0.480. The third kappa shape index (κ3) is 4.33. The molecule has 0 aromatic heterocycles. The summed E-state index contributed by atoms with van der Waals surface area (Å²) in [5, 5.41) is 0. The monoisotopic (exact) mass is 178 g/mol. The van der Waals surface area contributed by atoms with Crippen molar-refractivity contribution in [1.29, 1.82) is 0 Å². The van der Waals surface area contributed by atoms with Gasteiger partial charge in [0.2, 0.25) is 0 Å². The second-order valence-electron chi connectivity index (χ2n) is 4.67. The van der Waals surface area contributed by atoms with Crippen LogP contribution >= 0.6 is 0 Å². The number of rotatable bonds is 2. The average Bonchev–Trinajstić information content (AvgIpc) is 2.04. The van der Waals surface area contributed by atoms with Crippen LogP contribution in [0, 0.1) is 5.92 Å². The minimum absolute atomic E-state index is 0.775. The number of hydrogen-bond acceptors (Lipinski definition) is 0. The Balaban J connectivity index is 2.58. The third-order valence-corrected chi connectivity index (χ3v) is 2.56. The fraction of sp³-hybridized carbons (Fsp3) is 0.769. The molecule has 0 unspecified atom stereocenters. The SMILES string of the molecule is CC(=C=C1CCCCC1)CC(C)C. The fourth-order valence-corrected chi connectivity index (χ4v) is 2.07. The normalized spacial score (nSPS) is 17.4. The predicted molar refractivity (Wildman–Crippen MR) is 58.8 cm³/mol. The molecule has 0 radical (unpaired) electrons. The van der Waals surface area contributed by atoms with Gasteiger partial charge in [0.15, 0.2) is 0 Å². The van der Waals surface area contributed by atoms with Gasteiger partial charge in [-0.1, -0.05) is 20.3 Å². The van der Waals surface area contributed by atoms with E-state index < -0.39 is 0 Å². The van der Waals surface area contributed by atoms with Crippen molar-refractivity contribution in [2.45, 2.75) is 59.3 Å². The van der Waals surface area contributed by atoms with Gasteiger partial charge in [-0.05, 0) is 56.1 Å². The summed E-state index contributed by atoms with van der Waals surface area (Å²) >= 11 is 0. The Kier molecular flexibility index (Phi) is 4.32. The fourth-order valence-electron chi connectivity index (χ4n) is 2.07. The van der Waals surface area contributed by atoms with Crippen molar-refractivity contribution in [2.75, 3.05) is 0 Å². The van der Waals surface area contributed by atoms with Gasteiger partial charge >= 0.3 is 0 Å². The van der Waals surface area contributed by atoms with Gasteiger partial charge in [0, 0.05) is 0 Å². The second kappa shape index (κ2) is 5.29. The Morgan fingerprint density at radius 1 is 1.23 bits per heavy atom. The van der Waals surface area contributed by atoms with Crippen molar-refractivity contribution in [3.63, 3.8) is 0 Å². The van der Waals surface area contributed by atoms with Gasteiger partial charge in [0.1, 0.15) is 0 Å². The quantitative estimate of drug-likeness (QED) is 0.547. The van der Waals surface area contributed by atoms with Crippen LogP contribution in [0.5, 0.6) is 0 Å². The molecule has 1 saturated carbocycles. The molecule has 0 aromatic rings. The zero-order valence-electron chi connectivity index (χ0n) is 9.32. The first-order chi connectivity index (χ1) is 6.18. The molecule has 0 heterocycles. The largest absolute Gasteiger partial charge is 0.123 e.